The lowest BCUT2D eigenvalue weighted by Crippen LogP contribution is -2.33. The van der Waals surface area contributed by atoms with Gasteiger partial charge in [0.25, 0.3) is 0 Å². The normalized spacial score (nSPS) is 9.38. The number of thiol groups is 2. The summed E-state index contributed by atoms with van der Waals surface area (Å²) in [6.07, 6.45) is -0.123. The third kappa shape index (κ3) is 7.98. The van der Waals surface area contributed by atoms with Crippen molar-refractivity contribution >= 4 is 37.1 Å². The van der Waals surface area contributed by atoms with Crippen LogP contribution in [0.4, 0.5) is 0 Å². The van der Waals surface area contributed by atoms with E-state index in [9.17, 15) is 9.59 Å². The van der Waals surface area contributed by atoms with Crippen molar-refractivity contribution in [2.75, 3.05) is 24.6 Å². The van der Waals surface area contributed by atoms with E-state index in [2.05, 4.69) is 35.9 Å². The van der Waals surface area contributed by atoms with Gasteiger partial charge in [0, 0.05) is 24.6 Å². The molecule has 0 aromatic carbocycles. The first-order valence-electron chi connectivity index (χ1n) is 3.95. The monoisotopic (exact) mass is 222 g/mol. The number of amides is 2. The Hall–Kier alpha value is -0.360. The van der Waals surface area contributed by atoms with Crippen molar-refractivity contribution in [1.82, 2.24) is 10.6 Å². The number of hydrogen-bond acceptors (Lipinski definition) is 4. The second-order valence-corrected chi connectivity index (χ2v) is 3.22. The quantitative estimate of drug-likeness (QED) is 0.361. The molecule has 0 saturated carbocycles. The molecule has 0 fully saturated rings. The summed E-state index contributed by atoms with van der Waals surface area (Å²) in [5, 5.41) is 5.09. The number of carbonyl (C=O) groups excluding carboxylic acids is 2. The van der Waals surface area contributed by atoms with Gasteiger partial charge in [-0.05, 0) is 0 Å². The Labute approximate surface area is 88.7 Å². The van der Waals surface area contributed by atoms with E-state index in [0.717, 1.165) is 0 Å². The van der Waals surface area contributed by atoms with Gasteiger partial charge in [-0.2, -0.15) is 25.3 Å². The van der Waals surface area contributed by atoms with Crippen molar-refractivity contribution < 1.29 is 9.59 Å². The molecule has 2 amide bonds. The largest absolute Gasteiger partial charge is 0.355 e. The molecule has 0 aliphatic carbocycles. The summed E-state index contributed by atoms with van der Waals surface area (Å²) >= 11 is 7.83. The molecule has 0 radical (unpaired) electrons. The van der Waals surface area contributed by atoms with E-state index in [1.165, 1.54) is 0 Å². The zero-order chi connectivity index (χ0) is 10.1. The van der Waals surface area contributed by atoms with Gasteiger partial charge in [-0.3, -0.25) is 9.59 Å². The van der Waals surface area contributed by atoms with Crippen molar-refractivity contribution in [2.45, 2.75) is 6.42 Å². The molecule has 0 aromatic rings. The van der Waals surface area contributed by atoms with E-state index in [4.69, 9.17) is 0 Å². The Kier molecular flexibility index (Phi) is 8.02. The summed E-state index contributed by atoms with van der Waals surface area (Å²) in [7, 11) is 0. The molecule has 0 aromatic heterocycles. The fraction of sp³-hybridized carbons (Fsp3) is 0.714. The highest BCUT2D eigenvalue weighted by atomic mass is 32.1. The third-order valence-electron chi connectivity index (χ3n) is 1.19. The maximum atomic E-state index is 11.0. The molecule has 0 saturated heterocycles. The smallest absolute Gasteiger partial charge is 0.229 e. The van der Waals surface area contributed by atoms with E-state index in [0.29, 0.717) is 24.6 Å². The van der Waals surface area contributed by atoms with E-state index in [-0.39, 0.29) is 18.2 Å². The summed E-state index contributed by atoms with van der Waals surface area (Å²) in [6.45, 7) is 0.976. The van der Waals surface area contributed by atoms with E-state index in [1.807, 2.05) is 0 Å². The van der Waals surface area contributed by atoms with Crippen LogP contribution < -0.4 is 10.6 Å². The van der Waals surface area contributed by atoms with Crippen molar-refractivity contribution in [3.8, 4) is 0 Å². The van der Waals surface area contributed by atoms with Crippen LogP contribution in [0.5, 0.6) is 0 Å². The van der Waals surface area contributed by atoms with Crippen LogP contribution in [0.15, 0.2) is 0 Å². The van der Waals surface area contributed by atoms with Crippen LogP contribution >= 0.6 is 25.3 Å². The summed E-state index contributed by atoms with van der Waals surface area (Å²) in [5.74, 6) is 0.602. The highest BCUT2D eigenvalue weighted by Gasteiger charge is 2.06. The molecule has 76 valence electrons. The minimum atomic E-state index is -0.272. The van der Waals surface area contributed by atoms with Crippen molar-refractivity contribution in [3.63, 3.8) is 0 Å². The molecule has 0 heterocycles. The van der Waals surface area contributed by atoms with E-state index < -0.39 is 0 Å². The topological polar surface area (TPSA) is 58.2 Å². The zero-order valence-corrected chi connectivity index (χ0v) is 9.04. The van der Waals surface area contributed by atoms with Gasteiger partial charge in [0.05, 0.1) is 0 Å². The number of carbonyl (C=O) groups is 2. The zero-order valence-electron chi connectivity index (χ0n) is 7.25. The third-order valence-corrected chi connectivity index (χ3v) is 1.64. The summed E-state index contributed by atoms with van der Waals surface area (Å²) in [4.78, 5) is 21.9. The summed E-state index contributed by atoms with van der Waals surface area (Å²) < 4.78 is 0. The molecule has 2 N–H and O–H groups in total. The van der Waals surface area contributed by atoms with Gasteiger partial charge in [0.15, 0.2) is 0 Å². The molecule has 13 heavy (non-hydrogen) atoms. The van der Waals surface area contributed by atoms with Crippen LogP contribution in [0.25, 0.3) is 0 Å². The number of nitrogens with one attached hydrogen (secondary N) is 2. The van der Waals surface area contributed by atoms with Gasteiger partial charge in [0.2, 0.25) is 11.8 Å². The van der Waals surface area contributed by atoms with E-state index >= 15 is 0 Å². The van der Waals surface area contributed by atoms with Gasteiger partial charge in [-0.1, -0.05) is 0 Å². The molecule has 0 spiro atoms. The maximum Gasteiger partial charge on any atom is 0.229 e. The fourth-order valence-electron chi connectivity index (χ4n) is 0.661. The number of rotatable bonds is 6. The first kappa shape index (κ1) is 12.6. The minimum Gasteiger partial charge on any atom is -0.355 e. The minimum absolute atomic E-state index is 0.123. The van der Waals surface area contributed by atoms with Crippen molar-refractivity contribution in [1.29, 1.82) is 0 Å². The second kappa shape index (κ2) is 8.25. The maximum absolute atomic E-state index is 11.0. The summed E-state index contributed by atoms with van der Waals surface area (Å²) in [6, 6.07) is 0. The Morgan fingerprint density at radius 1 is 0.923 bits per heavy atom. The van der Waals surface area contributed by atoms with Crippen LogP contribution in [0.1, 0.15) is 6.42 Å². The predicted molar refractivity (Wildman–Crippen MR) is 58.3 cm³/mol. The van der Waals surface area contributed by atoms with Crippen LogP contribution in [0.2, 0.25) is 0 Å². The molecule has 0 atom stereocenters. The first-order valence-corrected chi connectivity index (χ1v) is 5.22. The first-order chi connectivity index (χ1) is 6.20. The van der Waals surface area contributed by atoms with Gasteiger partial charge in [0.1, 0.15) is 6.42 Å². The second-order valence-electron chi connectivity index (χ2n) is 2.32. The fourth-order valence-corrected chi connectivity index (χ4v) is 0.885. The number of hydrogen-bond donors (Lipinski definition) is 4. The van der Waals surface area contributed by atoms with Crippen LogP contribution in [-0.4, -0.2) is 36.4 Å². The molecule has 0 bridgehead atoms. The average Bonchev–Trinajstić information content (AvgIpc) is 2.11. The molecule has 0 aliphatic rings. The Morgan fingerprint density at radius 2 is 1.31 bits per heavy atom. The molecular weight excluding hydrogens is 208 g/mol. The molecule has 4 nitrogen and oxygen atoms in total. The SMILES string of the molecule is O=C(CC(=O)NCCS)NCCS. The van der Waals surface area contributed by atoms with Gasteiger partial charge >= 0.3 is 0 Å². The highest BCUT2D eigenvalue weighted by Crippen LogP contribution is 1.81. The average molecular weight is 222 g/mol. The molecule has 0 rings (SSSR count). The van der Waals surface area contributed by atoms with Gasteiger partial charge < -0.3 is 10.6 Å². The van der Waals surface area contributed by atoms with Crippen molar-refractivity contribution in [3.05, 3.63) is 0 Å². The van der Waals surface area contributed by atoms with Gasteiger partial charge in [-0.25, -0.2) is 0 Å². The lowest BCUT2D eigenvalue weighted by Gasteiger charge is -2.03. The Balaban J connectivity index is 3.47. The highest BCUT2D eigenvalue weighted by molar-refractivity contribution is 7.80. The van der Waals surface area contributed by atoms with Crippen LogP contribution in [0.3, 0.4) is 0 Å². The van der Waals surface area contributed by atoms with Crippen LogP contribution in [-0.2, 0) is 9.59 Å². The summed E-state index contributed by atoms with van der Waals surface area (Å²) in [5.41, 5.74) is 0. The lowest BCUT2D eigenvalue weighted by atomic mass is 10.3. The molecule has 0 aliphatic heterocycles. The standard InChI is InChI=1S/C7H14N2O2S2/c10-6(8-1-3-12)5-7(11)9-2-4-13/h12-13H,1-5H2,(H,8,10)(H,9,11). The lowest BCUT2D eigenvalue weighted by molar-refractivity contribution is -0.129. The molecular formula is C7H14N2O2S2. The Bertz CT molecular complexity index is 158. The van der Waals surface area contributed by atoms with Crippen molar-refractivity contribution in [2.24, 2.45) is 0 Å². The molecule has 6 heteroatoms. The van der Waals surface area contributed by atoms with Crippen LogP contribution in [0, 0.1) is 0 Å². The molecule has 0 unspecified atom stereocenters. The predicted octanol–water partition coefficient (Wildman–Crippen LogP) is -0.532. The Morgan fingerprint density at radius 3 is 1.62 bits per heavy atom. The van der Waals surface area contributed by atoms with Gasteiger partial charge in [-0.15, -0.1) is 0 Å². The van der Waals surface area contributed by atoms with E-state index in [1.54, 1.807) is 0 Å².